The summed E-state index contributed by atoms with van der Waals surface area (Å²) in [5.74, 6) is -0.502. The molecule has 0 N–H and O–H groups in total. The van der Waals surface area contributed by atoms with Crippen molar-refractivity contribution in [2.45, 2.75) is 58.3 Å². The van der Waals surface area contributed by atoms with Crippen LogP contribution in [0.1, 0.15) is 46.0 Å². The maximum Gasteiger partial charge on any atom is 0.511 e. The fraction of sp³-hybridized carbons (Fsp3) is 0.714. The van der Waals surface area contributed by atoms with Crippen LogP contribution in [0.3, 0.4) is 0 Å². The lowest BCUT2D eigenvalue weighted by Crippen LogP contribution is -2.26. The number of hydrogen-bond donors (Lipinski definition) is 0. The van der Waals surface area contributed by atoms with E-state index in [1.807, 2.05) is 0 Å². The molecule has 6 heteroatoms. The first kappa shape index (κ1) is 16.9. The highest BCUT2D eigenvalue weighted by atomic mass is 32.2. The first-order chi connectivity index (χ1) is 9.56. The summed E-state index contributed by atoms with van der Waals surface area (Å²) in [6.45, 7) is 3.24. The van der Waals surface area contributed by atoms with Crippen LogP contribution in [0, 0.1) is 0 Å². The molecule has 0 aromatic carbocycles. The van der Waals surface area contributed by atoms with Gasteiger partial charge in [0.1, 0.15) is 6.10 Å². The van der Waals surface area contributed by atoms with Gasteiger partial charge in [0.25, 0.3) is 0 Å². The predicted octanol–water partition coefficient (Wildman–Crippen LogP) is 3.63. The Balaban J connectivity index is 2.32. The van der Waals surface area contributed by atoms with Crippen molar-refractivity contribution in [2.75, 3.05) is 6.26 Å². The maximum atomic E-state index is 11.6. The zero-order chi connectivity index (χ0) is 15.0. The van der Waals surface area contributed by atoms with Gasteiger partial charge in [-0.1, -0.05) is 12.5 Å². The number of rotatable bonds is 5. The van der Waals surface area contributed by atoms with Gasteiger partial charge in [0.15, 0.2) is 0 Å². The van der Waals surface area contributed by atoms with Crippen molar-refractivity contribution < 1.29 is 23.8 Å². The lowest BCUT2D eigenvalue weighted by atomic mass is 9.98. The van der Waals surface area contributed by atoms with Crippen molar-refractivity contribution in [3.8, 4) is 0 Å². The first-order valence-corrected chi connectivity index (χ1v) is 8.07. The number of hydrogen-bond acceptors (Lipinski definition) is 6. The zero-order valence-electron chi connectivity index (χ0n) is 12.2. The molecule has 1 aliphatic rings. The van der Waals surface area contributed by atoms with Gasteiger partial charge in [0.2, 0.25) is 6.29 Å². The van der Waals surface area contributed by atoms with Crippen LogP contribution in [0.5, 0.6) is 0 Å². The minimum Gasteiger partial charge on any atom is -0.431 e. The van der Waals surface area contributed by atoms with Crippen molar-refractivity contribution in [1.82, 2.24) is 0 Å². The van der Waals surface area contributed by atoms with Gasteiger partial charge >= 0.3 is 12.1 Å². The Morgan fingerprint density at radius 3 is 2.40 bits per heavy atom. The van der Waals surface area contributed by atoms with E-state index >= 15 is 0 Å². The van der Waals surface area contributed by atoms with Gasteiger partial charge in [-0.05, 0) is 38.9 Å². The molecule has 0 bridgehead atoms. The predicted molar refractivity (Wildman–Crippen MR) is 77.3 cm³/mol. The first-order valence-electron chi connectivity index (χ1n) is 6.85. The topological polar surface area (TPSA) is 61.8 Å². The average Bonchev–Trinajstić information content (AvgIpc) is 2.40. The molecule has 1 fully saturated rings. The Kier molecular flexibility index (Phi) is 7.51. The summed E-state index contributed by atoms with van der Waals surface area (Å²) < 4.78 is 15.1. The van der Waals surface area contributed by atoms with Gasteiger partial charge in [-0.25, -0.2) is 9.59 Å². The second kappa shape index (κ2) is 8.89. The number of ether oxygens (including phenoxy) is 3. The molecule has 0 amide bonds. The fourth-order valence-corrected chi connectivity index (χ4v) is 2.48. The van der Waals surface area contributed by atoms with E-state index < -0.39 is 18.4 Å². The molecular weight excluding hydrogens is 280 g/mol. The van der Waals surface area contributed by atoms with Crippen molar-refractivity contribution >= 4 is 23.9 Å². The second-order valence-corrected chi connectivity index (χ2v) is 5.42. The third-order valence-corrected chi connectivity index (χ3v) is 3.88. The highest BCUT2D eigenvalue weighted by Gasteiger charge is 2.22. The van der Waals surface area contributed by atoms with Gasteiger partial charge < -0.3 is 14.2 Å². The number of carbonyl (C=O) groups excluding carboxylic acids is 2. The Bertz CT molecular complexity index is 361. The van der Waals surface area contributed by atoms with Gasteiger partial charge in [-0.15, -0.1) is 11.8 Å². The lowest BCUT2D eigenvalue weighted by molar-refractivity contribution is -0.163. The summed E-state index contributed by atoms with van der Waals surface area (Å²) >= 11 is 1.28. The number of thioether (sulfide) groups is 1. The highest BCUT2D eigenvalue weighted by Crippen LogP contribution is 2.21. The smallest absolute Gasteiger partial charge is 0.431 e. The van der Waals surface area contributed by atoms with Crippen molar-refractivity contribution in [1.29, 1.82) is 0 Å². The fourth-order valence-electron chi connectivity index (χ4n) is 2.03. The Hall–Kier alpha value is -1.17. The summed E-state index contributed by atoms with van der Waals surface area (Å²) in [6, 6.07) is 0. The zero-order valence-corrected chi connectivity index (χ0v) is 13.0. The molecular formula is C14H22O5S. The molecule has 0 spiro atoms. The minimum atomic E-state index is -0.958. The summed E-state index contributed by atoms with van der Waals surface area (Å²) in [4.78, 5) is 23.7. The van der Waals surface area contributed by atoms with Crippen LogP contribution in [-0.4, -0.2) is 30.8 Å². The van der Waals surface area contributed by atoms with E-state index in [-0.39, 0.29) is 6.10 Å². The van der Waals surface area contributed by atoms with E-state index in [1.165, 1.54) is 25.1 Å². The Labute approximate surface area is 124 Å². The standard InChI is InChI=1S/C14H22O5S/c1-4-12(20-3)13(15)17-10(2)18-14(16)19-11-8-6-5-7-9-11/h4,10-11H,5-9H2,1-3H3. The quantitative estimate of drug-likeness (QED) is 0.439. The lowest BCUT2D eigenvalue weighted by Gasteiger charge is -2.22. The van der Waals surface area contributed by atoms with Crippen LogP contribution in [0.25, 0.3) is 0 Å². The molecule has 0 aromatic rings. The molecule has 0 aliphatic heterocycles. The van der Waals surface area contributed by atoms with Gasteiger partial charge in [-0.2, -0.15) is 0 Å². The molecule has 0 radical (unpaired) electrons. The molecule has 1 rings (SSSR count). The molecule has 5 nitrogen and oxygen atoms in total. The second-order valence-electron chi connectivity index (χ2n) is 4.58. The van der Waals surface area contributed by atoms with Crippen LogP contribution in [-0.2, 0) is 19.0 Å². The summed E-state index contributed by atoms with van der Waals surface area (Å²) in [6.07, 6.45) is 6.70. The molecule has 1 aliphatic carbocycles. The summed E-state index contributed by atoms with van der Waals surface area (Å²) in [5.41, 5.74) is 0. The van der Waals surface area contributed by atoms with Gasteiger partial charge in [-0.3, -0.25) is 0 Å². The molecule has 0 aromatic heterocycles. The van der Waals surface area contributed by atoms with E-state index in [0.717, 1.165) is 25.7 Å². The molecule has 0 saturated heterocycles. The molecule has 1 atom stereocenters. The van der Waals surface area contributed by atoms with E-state index in [2.05, 4.69) is 0 Å². The van der Waals surface area contributed by atoms with Crippen LogP contribution in [0.15, 0.2) is 11.0 Å². The molecule has 1 unspecified atom stereocenters. The summed E-state index contributed by atoms with van der Waals surface area (Å²) in [5, 5.41) is 0. The normalized spacial score (nSPS) is 18.2. The maximum absolute atomic E-state index is 11.6. The average molecular weight is 302 g/mol. The van der Waals surface area contributed by atoms with Crippen molar-refractivity contribution in [3.63, 3.8) is 0 Å². The van der Waals surface area contributed by atoms with Gasteiger partial charge in [0, 0.05) is 6.92 Å². The molecule has 0 heterocycles. The van der Waals surface area contributed by atoms with Crippen molar-refractivity contribution in [3.05, 3.63) is 11.0 Å². The largest absolute Gasteiger partial charge is 0.511 e. The highest BCUT2D eigenvalue weighted by molar-refractivity contribution is 8.03. The SMILES string of the molecule is CC=C(SC)C(=O)OC(C)OC(=O)OC1CCCCC1. The Morgan fingerprint density at radius 2 is 1.85 bits per heavy atom. The van der Waals surface area contributed by atoms with Crippen LogP contribution >= 0.6 is 11.8 Å². The third-order valence-electron chi connectivity index (χ3n) is 3.03. The monoisotopic (exact) mass is 302 g/mol. The van der Waals surface area contributed by atoms with E-state index in [0.29, 0.717) is 4.91 Å². The third kappa shape index (κ3) is 5.86. The summed E-state index contributed by atoms with van der Waals surface area (Å²) in [7, 11) is 0. The van der Waals surface area contributed by atoms with E-state index in [1.54, 1.807) is 19.3 Å². The van der Waals surface area contributed by atoms with Gasteiger partial charge in [0.05, 0.1) is 4.91 Å². The van der Waals surface area contributed by atoms with Crippen LogP contribution < -0.4 is 0 Å². The van der Waals surface area contributed by atoms with E-state index in [4.69, 9.17) is 14.2 Å². The van der Waals surface area contributed by atoms with Crippen LogP contribution in [0.4, 0.5) is 4.79 Å². The van der Waals surface area contributed by atoms with Crippen LogP contribution in [0.2, 0.25) is 0 Å². The molecule has 114 valence electrons. The Morgan fingerprint density at radius 1 is 1.20 bits per heavy atom. The van der Waals surface area contributed by atoms with E-state index in [9.17, 15) is 9.59 Å². The molecule has 20 heavy (non-hydrogen) atoms. The van der Waals surface area contributed by atoms with Crippen molar-refractivity contribution in [2.24, 2.45) is 0 Å². The number of esters is 1. The number of allylic oxidation sites excluding steroid dienone is 1. The molecule has 1 saturated carbocycles. The number of carbonyl (C=O) groups is 2. The minimum absolute atomic E-state index is 0.0727.